The van der Waals surface area contributed by atoms with Crippen LogP contribution in [0.4, 0.5) is 18.9 Å². The minimum Gasteiger partial charge on any atom is -0.319 e. The predicted molar refractivity (Wildman–Crippen MR) is 114 cm³/mol. The van der Waals surface area contributed by atoms with Crippen LogP contribution in [-0.2, 0) is 12.7 Å². The first-order chi connectivity index (χ1) is 15.2. The molecule has 0 bridgehead atoms. The van der Waals surface area contributed by atoms with Gasteiger partial charge in [-0.15, -0.1) is 0 Å². The lowest BCUT2D eigenvalue weighted by molar-refractivity contribution is -0.137. The molecule has 4 aromatic rings. The maximum Gasteiger partial charge on any atom is 0.416 e. The average Bonchev–Trinajstić information content (AvgIpc) is 3.31. The SMILES string of the molecule is Cc1nn(-c2ccccc2)c(C)c1C(=O)Nc1cnn(Cc2cccc(C(F)(F)F)c2)c1. The number of nitrogens with zero attached hydrogens (tertiary/aromatic N) is 4. The zero-order chi connectivity index (χ0) is 22.9. The van der Waals surface area contributed by atoms with E-state index >= 15 is 0 Å². The van der Waals surface area contributed by atoms with Crippen molar-refractivity contribution in [3.8, 4) is 5.69 Å². The zero-order valence-electron chi connectivity index (χ0n) is 17.4. The molecule has 0 unspecified atom stereocenters. The van der Waals surface area contributed by atoms with Gasteiger partial charge < -0.3 is 5.32 Å². The molecule has 2 aromatic carbocycles. The Bertz CT molecular complexity index is 1260. The van der Waals surface area contributed by atoms with Gasteiger partial charge in [-0.3, -0.25) is 9.48 Å². The molecular weight excluding hydrogens is 419 g/mol. The van der Waals surface area contributed by atoms with E-state index in [1.54, 1.807) is 23.9 Å². The van der Waals surface area contributed by atoms with E-state index in [2.05, 4.69) is 15.5 Å². The van der Waals surface area contributed by atoms with E-state index in [9.17, 15) is 18.0 Å². The topological polar surface area (TPSA) is 64.7 Å². The standard InChI is InChI=1S/C23H20F3N5O/c1-15-21(16(2)31(29-15)20-9-4-3-5-10-20)22(32)28-19-12-27-30(14-19)13-17-7-6-8-18(11-17)23(24,25)26/h3-12,14H,13H2,1-2H3,(H,28,32). The maximum absolute atomic E-state index is 12.9. The largest absolute Gasteiger partial charge is 0.416 e. The molecule has 1 N–H and O–H groups in total. The normalized spacial score (nSPS) is 11.5. The summed E-state index contributed by atoms with van der Waals surface area (Å²) in [6.07, 6.45) is -1.37. The van der Waals surface area contributed by atoms with Crippen LogP contribution in [0.2, 0.25) is 0 Å². The number of aromatic nitrogens is 4. The molecular formula is C23H20F3N5O. The van der Waals surface area contributed by atoms with Crippen molar-refractivity contribution < 1.29 is 18.0 Å². The van der Waals surface area contributed by atoms with Crippen molar-refractivity contribution in [2.24, 2.45) is 0 Å². The van der Waals surface area contributed by atoms with Gasteiger partial charge >= 0.3 is 6.18 Å². The molecule has 2 heterocycles. The summed E-state index contributed by atoms with van der Waals surface area (Å²) < 4.78 is 41.9. The Kier molecular flexibility index (Phi) is 5.56. The smallest absolute Gasteiger partial charge is 0.319 e. The van der Waals surface area contributed by atoms with E-state index < -0.39 is 11.7 Å². The van der Waals surface area contributed by atoms with Crippen molar-refractivity contribution in [2.75, 3.05) is 5.32 Å². The molecule has 0 aliphatic rings. The number of alkyl halides is 3. The molecule has 164 valence electrons. The number of carbonyl (C=O) groups is 1. The molecule has 0 radical (unpaired) electrons. The quantitative estimate of drug-likeness (QED) is 0.476. The molecule has 9 heteroatoms. The Balaban J connectivity index is 1.50. The monoisotopic (exact) mass is 439 g/mol. The van der Waals surface area contributed by atoms with E-state index in [0.717, 1.165) is 17.8 Å². The molecule has 0 aliphatic heterocycles. The summed E-state index contributed by atoms with van der Waals surface area (Å²) in [7, 11) is 0. The number of nitrogens with one attached hydrogen (secondary N) is 1. The molecule has 0 spiro atoms. The molecule has 32 heavy (non-hydrogen) atoms. The van der Waals surface area contributed by atoms with Crippen LogP contribution in [0, 0.1) is 13.8 Å². The van der Waals surface area contributed by atoms with E-state index in [-0.39, 0.29) is 12.5 Å². The maximum atomic E-state index is 12.9. The summed E-state index contributed by atoms with van der Waals surface area (Å²) in [6.45, 7) is 3.72. The van der Waals surface area contributed by atoms with Gasteiger partial charge in [-0.25, -0.2) is 4.68 Å². The fraction of sp³-hybridized carbons (Fsp3) is 0.174. The summed E-state index contributed by atoms with van der Waals surface area (Å²) in [5.41, 5.74) is 2.77. The van der Waals surface area contributed by atoms with Crippen LogP contribution in [0.25, 0.3) is 5.69 Å². The number of carbonyl (C=O) groups excluding carboxylic acids is 1. The van der Waals surface area contributed by atoms with Crippen molar-refractivity contribution >= 4 is 11.6 Å². The zero-order valence-corrected chi connectivity index (χ0v) is 17.4. The number of para-hydroxylation sites is 1. The lowest BCUT2D eigenvalue weighted by Gasteiger charge is -2.08. The number of anilines is 1. The Labute approximate surface area is 182 Å². The molecule has 0 saturated heterocycles. The van der Waals surface area contributed by atoms with Gasteiger partial charge in [-0.05, 0) is 43.7 Å². The van der Waals surface area contributed by atoms with Crippen LogP contribution < -0.4 is 5.32 Å². The van der Waals surface area contributed by atoms with Gasteiger partial charge in [0, 0.05) is 6.20 Å². The van der Waals surface area contributed by atoms with Gasteiger partial charge in [0.05, 0.1) is 46.6 Å². The summed E-state index contributed by atoms with van der Waals surface area (Å²) in [6, 6.07) is 14.6. The number of amides is 1. The van der Waals surface area contributed by atoms with Crippen LogP contribution in [0.1, 0.15) is 32.9 Å². The number of hydrogen-bond acceptors (Lipinski definition) is 3. The Hall–Kier alpha value is -3.88. The van der Waals surface area contributed by atoms with E-state index in [4.69, 9.17) is 0 Å². The number of rotatable bonds is 5. The van der Waals surface area contributed by atoms with Crippen molar-refractivity contribution in [1.82, 2.24) is 19.6 Å². The van der Waals surface area contributed by atoms with Gasteiger partial charge in [-0.1, -0.05) is 30.3 Å². The van der Waals surface area contributed by atoms with Gasteiger partial charge in [0.2, 0.25) is 0 Å². The lowest BCUT2D eigenvalue weighted by Crippen LogP contribution is -2.14. The van der Waals surface area contributed by atoms with Crippen LogP contribution >= 0.6 is 0 Å². The van der Waals surface area contributed by atoms with Gasteiger partial charge in [0.15, 0.2) is 0 Å². The second kappa shape index (κ2) is 8.33. The van der Waals surface area contributed by atoms with Crippen molar-refractivity contribution in [1.29, 1.82) is 0 Å². The third-order valence-electron chi connectivity index (χ3n) is 5.01. The fourth-order valence-electron chi connectivity index (χ4n) is 3.53. The third kappa shape index (κ3) is 4.41. The highest BCUT2D eigenvalue weighted by molar-refractivity contribution is 6.05. The Morgan fingerprint density at radius 2 is 1.81 bits per heavy atom. The number of aryl methyl sites for hydroxylation is 1. The minimum absolute atomic E-state index is 0.143. The summed E-state index contributed by atoms with van der Waals surface area (Å²) >= 11 is 0. The minimum atomic E-state index is -4.40. The van der Waals surface area contributed by atoms with Crippen LogP contribution in [0.5, 0.6) is 0 Å². The third-order valence-corrected chi connectivity index (χ3v) is 5.01. The number of hydrogen-bond donors (Lipinski definition) is 1. The van der Waals surface area contributed by atoms with Crippen molar-refractivity contribution in [2.45, 2.75) is 26.6 Å². The first-order valence-corrected chi connectivity index (χ1v) is 9.84. The number of halogens is 3. The second-order valence-corrected chi connectivity index (χ2v) is 7.37. The van der Waals surface area contributed by atoms with Crippen molar-refractivity contribution in [3.63, 3.8) is 0 Å². The molecule has 4 rings (SSSR count). The molecule has 1 amide bonds. The van der Waals surface area contributed by atoms with Crippen molar-refractivity contribution in [3.05, 3.63) is 95.1 Å². The highest BCUT2D eigenvalue weighted by atomic mass is 19.4. The summed E-state index contributed by atoms with van der Waals surface area (Å²) in [5.74, 6) is -0.333. The molecule has 0 fully saturated rings. The highest BCUT2D eigenvalue weighted by Gasteiger charge is 2.30. The Morgan fingerprint density at radius 1 is 1.06 bits per heavy atom. The van der Waals surface area contributed by atoms with E-state index in [1.165, 1.54) is 16.9 Å². The number of benzene rings is 2. The molecule has 0 saturated carbocycles. The van der Waals surface area contributed by atoms with Crippen LogP contribution in [-0.4, -0.2) is 25.5 Å². The fourth-order valence-corrected chi connectivity index (χ4v) is 3.53. The van der Waals surface area contributed by atoms with E-state index in [0.29, 0.717) is 28.2 Å². The van der Waals surface area contributed by atoms with E-state index in [1.807, 2.05) is 37.3 Å². The predicted octanol–water partition coefficient (Wildman–Crippen LogP) is 5.01. The molecule has 2 aromatic heterocycles. The molecule has 6 nitrogen and oxygen atoms in total. The molecule has 0 atom stereocenters. The highest BCUT2D eigenvalue weighted by Crippen LogP contribution is 2.29. The lowest BCUT2D eigenvalue weighted by atomic mass is 10.1. The van der Waals surface area contributed by atoms with Crippen LogP contribution in [0.3, 0.4) is 0 Å². The van der Waals surface area contributed by atoms with Gasteiger partial charge in [-0.2, -0.15) is 23.4 Å². The van der Waals surface area contributed by atoms with Crippen LogP contribution in [0.15, 0.2) is 67.0 Å². The van der Waals surface area contributed by atoms with Gasteiger partial charge in [0.25, 0.3) is 5.91 Å². The first-order valence-electron chi connectivity index (χ1n) is 9.84. The average molecular weight is 439 g/mol. The first kappa shape index (κ1) is 21.4. The summed E-state index contributed by atoms with van der Waals surface area (Å²) in [4.78, 5) is 12.9. The second-order valence-electron chi connectivity index (χ2n) is 7.37. The Morgan fingerprint density at radius 3 is 2.53 bits per heavy atom. The van der Waals surface area contributed by atoms with Gasteiger partial charge in [0.1, 0.15) is 0 Å². The summed E-state index contributed by atoms with van der Waals surface area (Å²) in [5, 5.41) is 11.4. The molecule has 0 aliphatic carbocycles.